The Hall–Kier alpha value is -0.749. The quantitative estimate of drug-likeness (QED) is 0.278. The maximum absolute atomic E-state index is 12.2. The molecule has 168 valence electrons. The van der Waals surface area contributed by atoms with Crippen molar-refractivity contribution < 1.29 is 28.0 Å². The van der Waals surface area contributed by atoms with E-state index in [9.17, 15) is 19.8 Å². The van der Waals surface area contributed by atoms with Gasteiger partial charge in [0.15, 0.2) is 18.1 Å². The molecule has 9 heteroatoms. The number of carboxylic acid groups (broad SMARTS) is 2. The van der Waals surface area contributed by atoms with Crippen LogP contribution in [-0.4, -0.2) is 50.2 Å². The van der Waals surface area contributed by atoms with Crippen molar-refractivity contribution >= 4 is 40.0 Å². The van der Waals surface area contributed by atoms with Gasteiger partial charge >= 0.3 is 11.9 Å². The van der Waals surface area contributed by atoms with Gasteiger partial charge in [-0.1, -0.05) is 47.0 Å². The Kier molecular flexibility index (Phi) is 9.53. The second kappa shape index (κ2) is 10.5. The summed E-state index contributed by atoms with van der Waals surface area (Å²) < 4.78 is 11.9. The Morgan fingerprint density at radius 1 is 1.00 bits per heavy atom. The van der Waals surface area contributed by atoms with E-state index in [0.29, 0.717) is 6.42 Å². The molecule has 0 heterocycles. The summed E-state index contributed by atoms with van der Waals surface area (Å²) >= 11 is 0. The number of carbonyl (C=O) groups is 2. The second-order valence-electron chi connectivity index (χ2n) is 10.7. The molecule has 0 bridgehead atoms. The van der Waals surface area contributed by atoms with Crippen molar-refractivity contribution in [1.29, 1.82) is 0 Å². The van der Waals surface area contributed by atoms with Gasteiger partial charge in [0.05, 0.1) is 11.1 Å². The molecule has 1 fully saturated rings. The molecule has 0 aromatic rings. The molecule has 0 amide bonds. The van der Waals surface area contributed by atoms with Gasteiger partial charge < -0.3 is 18.4 Å². The van der Waals surface area contributed by atoms with Crippen LogP contribution in [0.15, 0.2) is 11.1 Å². The standard InChI is InChI=1S/C20H40O6Si3/c1-19(2,13-20(3,4)27-25-28-26-29(5,6)7)16(18(23)24)15(17(21)22)14-11-9-8-10-12-14/h14H,8-13,27-28H2,1-7H3,(H,21,22)(H,23,24). The van der Waals surface area contributed by atoms with Crippen LogP contribution in [0.3, 0.4) is 0 Å². The average Bonchev–Trinajstić information content (AvgIpc) is 2.54. The van der Waals surface area contributed by atoms with Gasteiger partial charge in [-0.3, -0.25) is 0 Å². The fraction of sp³-hybridized carbons (Fsp3) is 0.800. The van der Waals surface area contributed by atoms with Crippen LogP contribution in [0, 0.1) is 11.3 Å². The van der Waals surface area contributed by atoms with E-state index in [1.807, 2.05) is 13.8 Å². The topological polar surface area (TPSA) is 93.1 Å². The minimum absolute atomic E-state index is 0.0783. The Labute approximate surface area is 181 Å². The Morgan fingerprint density at radius 2 is 1.55 bits per heavy atom. The van der Waals surface area contributed by atoms with E-state index >= 15 is 0 Å². The van der Waals surface area contributed by atoms with Crippen molar-refractivity contribution in [2.75, 3.05) is 0 Å². The SMILES string of the molecule is CC(C)(CC(C)(C)C(C(=O)O)=C(C(=O)O)C1CCCCC1)[SiH2]O[SiH2]O[Si](C)(C)C. The van der Waals surface area contributed by atoms with Crippen LogP contribution in [0.2, 0.25) is 24.7 Å². The zero-order valence-electron chi connectivity index (χ0n) is 19.3. The van der Waals surface area contributed by atoms with Crippen LogP contribution in [0.25, 0.3) is 0 Å². The van der Waals surface area contributed by atoms with Gasteiger partial charge in [0, 0.05) is 0 Å². The van der Waals surface area contributed by atoms with Crippen LogP contribution >= 0.6 is 0 Å². The Morgan fingerprint density at radius 3 is 2.00 bits per heavy atom. The van der Waals surface area contributed by atoms with Crippen LogP contribution in [0.5, 0.6) is 0 Å². The number of rotatable bonds is 11. The number of hydrogen-bond acceptors (Lipinski definition) is 4. The van der Waals surface area contributed by atoms with E-state index in [-0.39, 0.29) is 22.1 Å². The van der Waals surface area contributed by atoms with E-state index in [1.165, 1.54) is 0 Å². The first-order chi connectivity index (χ1) is 13.2. The summed E-state index contributed by atoms with van der Waals surface area (Å²) in [6, 6.07) is 0. The Bertz CT molecular complexity index is 616. The van der Waals surface area contributed by atoms with E-state index in [2.05, 4.69) is 33.5 Å². The third kappa shape index (κ3) is 8.87. The molecule has 0 spiro atoms. The third-order valence-corrected chi connectivity index (χ3v) is 11.8. The van der Waals surface area contributed by atoms with Gasteiger partial charge in [-0.15, -0.1) is 0 Å². The molecular formula is C20H40O6Si3. The highest BCUT2D eigenvalue weighted by Gasteiger charge is 2.40. The first-order valence-electron chi connectivity index (χ1n) is 10.6. The zero-order valence-corrected chi connectivity index (χ0v) is 23.1. The van der Waals surface area contributed by atoms with Gasteiger partial charge in [0.25, 0.3) is 10.0 Å². The molecule has 0 atom stereocenters. The maximum Gasteiger partial charge on any atom is 0.332 e. The summed E-state index contributed by atoms with van der Waals surface area (Å²) in [4.78, 5) is 24.4. The van der Waals surface area contributed by atoms with E-state index in [1.54, 1.807) is 0 Å². The molecule has 0 radical (unpaired) electrons. The molecule has 0 aromatic carbocycles. The van der Waals surface area contributed by atoms with Gasteiger partial charge in [0.2, 0.25) is 0 Å². The molecule has 6 nitrogen and oxygen atoms in total. The largest absolute Gasteiger partial charge is 0.478 e. The van der Waals surface area contributed by atoms with Crippen LogP contribution in [0.4, 0.5) is 0 Å². The van der Waals surface area contributed by atoms with Gasteiger partial charge in [-0.2, -0.15) is 0 Å². The second-order valence-corrected chi connectivity index (χ2v) is 20.1. The summed E-state index contributed by atoms with van der Waals surface area (Å²) in [7, 11) is -3.51. The summed E-state index contributed by atoms with van der Waals surface area (Å²) in [6.07, 6.45) is 5.11. The van der Waals surface area contributed by atoms with Crippen molar-refractivity contribution in [2.24, 2.45) is 11.3 Å². The third-order valence-electron chi connectivity index (χ3n) is 5.39. The fourth-order valence-corrected chi connectivity index (χ4v) is 10.3. The summed E-state index contributed by atoms with van der Waals surface area (Å²) in [6.45, 7) is 14.4. The Balaban J connectivity index is 3.05. The fourth-order valence-electron chi connectivity index (χ4n) is 4.52. The molecule has 1 aliphatic rings. The first kappa shape index (κ1) is 26.3. The predicted octanol–water partition coefficient (Wildman–Crippen LogP) is 3.60. The number of carboxylic acids is 2. The lowest BCUT2D eigenvalue weighted by Gasteiger charge is -2.37. The average molecular weight is 461 g/mol. The lowest BCUT2D eigenvalue weighted by molar-refractivity contribution is -0.137. The summed E-state index contributed by atoms with van der Waals surface area (Å²) in [5.74, 6) is -2.35. The highest BCUT2D eigenvalue weighted by Crippen LogP contribution is 2.46. The number of aliphatic carboxylic acids is 2. The van der Waals surface area contributed by atoms with Crippen molar-refractivity contribution in [3.63, 3.8) is 0 Å². The van der Waals surface area contributed by atoms with Crippen molar-refractivity contribution in [1.82, 2.24) is 0 Å². The molecule has 0 aromatic heterocycles. The van der Waals surface area contributed by atoms with Gasteiger partial charge in [0.1, 0.15) is 0 Å². The van der Waals surface area contributed by atoms with Crippen LogP contribution < -0.4 is 0 Å². The van der Waals surface area contributed by atoms with E-state index in [4.69, 9.17) is 8.23 Å². The summed E-state index contributed by atoms with van der Waals surface area (Å²) in [5, 5.41) is 19.8. The molecule has 1 saturated carbocycles. The maximum atomic E-state index is 12.2. The normalized spacial score (nSPS) is 18.6. The molecule has 2 N–H and O–H groups in total. The van der Waals surface area contributed by atoms with Crippen molar-refractivity contribution in [3.05, 3.63) is 11.1 Å². The van der Waals surface area contributed by atoms with Gasteiger partial charge in [-0.25, -0.2) is 9.59 Å². The summed E-state index contributed by atoms with van der Waals surface area (Å²) in [5.41, 5.74) is -0.551. The first-order valence-corrected chi connectivity index (χ1v) is 16.4. The molecule has 0 aliphatic heterocycles. The lowest BCUT2D eigenvalue weighted by Crippen LogP contribution is -2.34. The molecule has 0 saturated heterocycles. The van der Waals surface area contributed by atoms with E-state index in [0.717, 1.165) is 32.1 Å². The van der Waals surface area contributed by atoms with Crippen molar-refractivity contribution in [2.45, 2.75) is 90.9 Å². The number of hydrogen-bond donors (Lipinski definition) is 2. The minimum Gasteiger partial charge on any atom is -0.478 e. The zero-order chi connectivity index (χ0) is 22.5. The highest BCUT2D eigenvalue weighted by atomic mass is 28.4. The van der Waals surface area contributed by atoms with Crippen molar-refractivity contribution in [3.8, 4) is 0 Å². The monoisotopic (exact) mass is 460 g/mol. The molecule has 1 aliphatic carbocycles. The van der Waals surface area contributed by atoms with Gasteiger partial charge in [-0.05, 0) is 55.3 Å². The van der Waals surface area contributed by atoms with E-state index < -0.39 is 45.4 Å². The smallest absolute Gasteiger partial charge is 0.332 e. The predicted molar refractivity (Wildman–Crippen MR) is 124 cm³/mol. The molecule has 29 heavy (non-hydrogen) atoms. The van der Waals surface area contributed by atoms with Crippen LogP contribution in [0.1, 0.15) is 66.2 Å². The highest BCUT2D eigenvalue weighted by molar-refractivity contribution is 6.73. The van der Waals surface area contributed by atoms with Crippen LogP contribution in [-0.2, 0) is 17.8 Å². The molecule has 1 rings (SSSR count). The lowest BCUT2D eigenvalue weighted by atomic mass is 9.71. The minimum atomic E-state index is -1.57. The molecule has 0 unspecified atom stereocenters. The molecular weight excluding hydrogens is 420 g/mol.